The Morgan fingerprint density at radius 3 is 2.08 bits per heavy atom. The molecule has 0 saturated carbocycles. The average molecular weight is 455 g/mol. The fraction of sp³-hybridized carbons (Fsp3) is 0.273. The lowest BCUT2D eigenvalue weighted by molar-refractivity contribution is -0.402. The van der Waals surface area contributed by atoms with Gasteiger partial charge in [-0.2, -0.15) is 0 Å². The summed E-state index contributed by atoms with van der Waals surface area (Å²) in [5.74, 6) is -0.217. The zero-order valence-electron chi connectivity index (χ0n) is 11.3. The van der Waals surface area contributed by atoms with E-state index >= 15 is 0 Å². The smallest absolute Gasteiger partial charge is 0.406 e. The van der Waals surface area contributed by atoms with Crippen LogP contribution in [0.5, 0.6) is 0 Å². The van der Waals surface area contributed by atoms with Gasteiger partial charge in [-0.1, -0.05) is 69.6 Å². The van der Waals surface area contributed by atoms with Crippen LogP contribution in [0.3, 0.4) is 0 Å². The van der Waals surface area contributed by atoms with Crippen LogP contribution >= 0.6 is 69.6 Å². The van der Waals surface area contributed by atoms with Gasteiger partial charge in [-0.3, -0.25) is 10.1 Å². The minimum Gasteiger partial charge on any atom is -0.406 e. The predicted octanol–water partition coefficient (Wildman–Crippen LogP) is 4.71. The summed E-state index contributed by atoms with van der Waals surface area (Å²) in [5.41, 5.74) is 0. The largest absolute Gasteiger partial charge is 0.433 e. The Kier molecular flexibility index (Phi) is 5.95. The van der Waals surface area contributed by atoms with Crippen molar-refractivity contribution in [2.24, 2.45) is 9.98 Å². The van der Waals surface area contributed by atoms with Gasteiger partial charge >= 0.3 is 5.88 Å². The maximum Gasteiger partial charge on any atom is 0.433 e. The van der Waals surface area contributed by atoms with Crippen LogP contribution in [-0.2, 0) is 6.42 Å². The monoisotopic (exact) mass is 452 g/mol. The van der Waals surface area contributed by atoms with E-state index in [1.54, 1.807) is 0 Å². The highest BCUT2D eigenvalue weighted by Gasteiger charge is 2.37. The van der Waals surface area contributed by atoms with E-state index in [9.17, 15) is 10.1 Å². The standard InChI is InChI=1S/C11H6Cl6N4O3/c12-10(13,14)8-18-6(19-9(20-8)11(15,16)17)3-1-5-2-4-7(24-5)21(22)23/h2-4H,1H2,(H,18,19,20). The molecule has 0 fully saturated rings. The normalized spacial score (nSPS) is 15.5. The SMILES string of the molecule is O=[N+]([O-])c1ccc(CC=C2N=C(C(Cl)(Cl)Cl)NC(C(Cl)(Cl)Cl)=N2)o1. The second kappa shape index (κ2) is 7.27. The molecule has 0 saturated heterocycles. The minimum atomic E-state index is -1.90. The summed E-state index contributed by atoms with van der Waals surface area (Å²) in [6.45, 7) is 0. The zero-order valence-corrected chi connectivity index (χ0v) is 15.8. The minimum absolute atomic E-state index is 0.0791. The lowest BCUT2D eigenvalue weighted by atomic mass is 10.3. The number of alkyl halides is 6. The molecule has 0 unspecified atom stereocenters. The molecule has 7 nitrogen and oxygen atoms in total. The van der Waals surface area contributed by atoms with Gasteiger partial charge in [-0.15, -0.1) is 0 Å². The number of allylic oxidation sites excluding steroid dienone is 1. The molecule has 0 spiro atoms. The molecule has 0 aromatic carbocycles. The number of hydrogen-bond donors (Lipinski definition) is 1. The number of amidine groups is 2. The van der Waals surface area contributed by atoms with Gasteiger partial charge in [-0.05, 0) is 12.1 Å². The third kappa shape index (κ3) is 5.15. The first kappa shape index (κ1) is 19.6. The fourth-order valence-electron chi connectivity index (χ4n) is 1.55. The van der Waals surface area contributed by atoms with E-state index in [2.05, 4.69) is 15.3 Å². The highest BCUT2D eigenvalue weighted by molar-refractivity contribution is 6.79. The first-order chi connectivity index (χ1) is 11.0. The lowest BCUT2D eigenvalue weighted by Gasteiger charge is -2.24. The highest BCUT2D eigenvalue weighted by Crippen LogP contribution is 2.33. The Morgan fingerprint density at radius 2 is 1.67 bits per heavy atom. The third-order valence-corrected chi connectivity index (χ3v) is 3.61. The van der Waals surface area contributed by atoms with E-state index in [0.29, 0.717) is 5.76 Å². The maximum absolute atomic E-state index is 10.6. The molecule has 1 aromatic rings. The van der Waals surface area contributed by atoms with Crippen molar-refractivity contribution < 1.29 is 9.34 Å². The van der Waals surface area contributed by atoms with Crippen molar-refractivity contribution in [3.05, 3.63) is 39.9 Å². The second-order valence-electron chi connectivity index (χ2n) is 4.30. The summed E-state index contributed by atoms with van der Waals surface area (Å²) in [5, 5.41) is 13.1. The zero-order chi connectivity index (χ0) is 18.1. The molecule has 0 atom stereocenters. The Bertz CT molecular complexity index is 712. The first-order valence-electron chi connectivity index (χ1n) is 5.99. The van der Waals surface area contributed by atoms with Crippen molar-refractivity contribution in [2.45, 2.75) is 14.0 Å². The van der Waals surface area contributed by atoms with E-state index in [-0.39, 0.29) is 29.8 Å². The van der Waals surface area contributed by atoms with Crippen LogP contribution in [0.25, 0.3) is 0 Å². The highest BCUT2D eigenvalue weighted by atomic mass is 35.6. The Hall–Kier alpha value is -0.700. The molecule has 13 heteroatoms. The van der Waals surface area contributed by atoms with Crippen LogP contribution in [0.2, 0.25) is 0 Å². The van der Waals surface area contributed by atoms with Crippen molar-refractivity contribution in [2.75, 3.05) is 0 Å². The molecule has 0 radical (unpaired) electrons. The fourth-order valence-corrected chi connectivity index (χ4v) is 2.09. The second-order valence-corrected chi connectivity index (χ2v) is 8.87. The molecule has 130 valence electrons. The van der Waals surface area contributed by atoms with Crippen LogP contribution in [0.4, 0.5) is 5.88 Å². The Balaban J connectivity index is 2.29. The molecule has 2 heterocycles. The van der Waals surface area contributed by atoms with Gasteiger partial charge in [0, 0.05) is 6.42 Å². The number of nitro groups is 1. The van der Waals surface area contributed by atoms with Crippen molar-refractivity contribution in [3.8, 4) is 0 Å². The van der Waals surface area contributed by atoms with Gasteiger partial charge in [0.25, 0.3) is 0 Å². The van der Waals surface area contributed by atoms with E-state index in [4.69, 9.17) is 74.0 Å². The summed E-state index contributed by atoms with van der Waals surface area (Å²) < 4.78 is 1.21. The summed E-state index contributed by atoms with van der Waals surface area (Å²) in [6.07, 6.45) is 1.60. The molecule has 1 aliphatic heterocycles. The summed E-state index contributed by atoms with van der Waals surface area (Å²) in [6, 6.07) is 2.66. The first-order valence-corrected chi connectivity index (χ1v) is 8.25. The Morgan fingerprint density at radius 1 is 1.12 bits per heavy atom. The molecule has 1 aliphatic rings. The molecule has 24 heavy (non-hydrogen) atoms. The van der Waals surface area contributed by atoms with Gasteiger partial charge in [0.05, 0.1) is 6.07 Å². The van der Waals surface area contributed by atoms with Gasteiger partial charge < -0.3 is 9.73 Å². The van der Waals surface area contributed by atoms with E-state index < -0.39 is 12.5 Å². The van der Waals surface area contributed by atoms with Gasteiger partial charge in [0.1, 0.15) is 10.7 Å². The number of furan rings is 1. The molecule has 0 amide bonds. The van der Waals surface area contributed by atoms with Crippen LogP contribution in [0.1, 0.15) is 5.76 Å². The molecule has 2 rings (SSSR count). The van der Waals surface area contributed by atoms with Crippen LogP contribution < -0.4 is 5.32 Å². The van der Waals surface area contributed by atoms with Crippen molar-refractivity contribution >= 4 is 87.2 Å². The van der Waals surface area contributed by atoms with Gasteiger partial charge in [0.2, 0.25) is 7.59 Å². The maximum atomic E-state index is 10.6. The van der Waals surface area contributed by atoms with E-state index in [1.807, 2.05) is 0 Å². The molecular formula is C11H6Cl6N4O3. The van der Waals surface area contributed by atoms with E-state index in [0.717, 1.165) is 0 Å². The van der Waals surface area contributed by atoms with Gasteiger partial charge in [0.15, 0.2) is 17.5 Å². The van der Waals surface area contributed by atoms with Crippen LogP contribution in [0.15, 0.2) is 38.4 Å². The van der Waals surface area contributed by atoms with Crippen molar-refractivity contribution in [1.29, 1.82) is 0 Å². The third-order valence-electron chi connectivity index (χ3n) is 2.54. The number of hydrogen-bond acceptors (Lipinski definition) is 6. The van der Waals surface area contributed by atoms with Crippen molar-refractivity contribution in [3.63, 3.8) is 0 Å². The quantitative estimate of drug-likeness (QED) is 0.406. The van der Waals surface area contributed by atoms with Crippen molar-refractivity contribution in [1.82, 2.24) is 5.32 Å². The molecular weight excluding hydrogens is 449 g/mol. The summed E-state index contributed by atoms with van der Waals surface area (Å²) in [7, 11) is 0. The predicted molar refractivity (Wildman–Crippen MR) is 95.7 cm³/mol. The summed E-state index contributed by atoms with van der Waals surface area (Å²) >= 11 is 34.7. The number of nitrogens with zero attached hydrogens (tertiary/aromatic N) is 3. The average Bonchev–Trinajstić information content (AvgIpc) is 2.92. The Labute approximate surface area is 165 Å². The molecule has 1 aromatic heterocycles. The number of rotatable bonds is 3. The number of halogens is 6. The van der Waals surface area contributed by atoms with Crippen LogP contribution in [0, 0.1) is 10.1 Å². The topological polar surface area (TPSA) is 93.0 Å². The number of aliphatic imine (C=N–C) groups is 2. The van der Waals surface area contributed by atoms with Crippen LogP contribution in [-0.4, -0.2) is 24.2 Å². The van der Waals surface area contributed by atoms with Gasteiger partial charge in [-0.25, -0.2) is 9.98 Å². The molecule has 1 N–H and O–H groups in total. The number of nitrogens with one attached hydrogen (secondary N) is 1. The molecule has 0 aliphatic carbocycles. The van der Waals surface area contributed by atoms with E-state index in [1.165, 1.54) is 18.2 Å². The lowest BCUT2D eigenvalue weighted by Crippen LogP contribution is -2.46. The molecule has 0 bridgehead atoms. The summed E-state index contributed by atoms with van der Waals surface area (Å²) in [4.78, 5) is 17.9.